The van der Waals surface area contributed by atoms with E-state index < -0.39 is 16.0 Å². The van der Waals surface area contributed by atoms with Crippen LogP contribution in [-0.4, -0.2) is 51.2 Å². The number of aliphatic carboxylic acids is 1. The minimum atomic E-state index is -3.63. The molecule has 0 radical (unpaired) electrons. The van der Waals surface area contributed by atoms with Crippen LogP contribution in [0.4, 0.5) is 5.69 Å². The summed E-state index contributed by atoms with van der Waals surface area (Å²) in [5.74, 6) is -0.825. The quantitative estimate of drug-likeness (QED) is 0.535. The molecule has 1 heterocycles. The highest BCUT2D eigenvalue weighted by atomic mass is 32.2. The van der Waals surface area contributed by atoms with E-state index in [1.165, 1.54) is 0 Å². The molecular formula is C24H30N3O4S+. The van der Waals surface area contributed by atoms with Crippen LogP contribution in [0.3, 0.4) is 0 Å². The summed E-state index contributed by atoms with van der Waals surface area (Å²) in [5.41, 5.74) is 4.28. The van der Waals surface area contributed by atoms with Crippen molar-refractivity contribution >= 4 is 32.6 Å². The van der Waals surface area contributed by atoms with Crippen LogP contribution in [0.25, 0.3) is 10.9 Å². The third-order valence-corrected chi connectivity index (χ3v) is 7.70. The number of nitrogens with one attached hydrogen (secondary N) is 1. The van der Waals surface area contributed by atoms with E-state index in [9.17, 15) is 13.2 Å². The fourth-order valence-electron chi connectivity index (χ4n) is 4.52. The first-order chi connectivity index (χ1) is 15.1. The summed E-state index contributed by atoms with van der Waals surface area (Å²) >= 11 is 0. The number of aryl methyl sites for hydroxylation is 1. The predicted octanol–water partition coefficient (Wildman–Crippen LogP) is 3.15. The van der Waals surface area contributed by atoms with Crippen LogP contribution < -0.4 is 9.21 Å². The predicted molar refractivity (Wildman–Crippen MR) is 126 cm³/mol. The van der Waals surface area contributed by atoms with Gasteiger partial charge in [-0.05, 0) is 43.0 Å². The van der Waals surface area contributed by atoms with Gasteiger partial charge in [-0.2, -0.15) is 0 Å². The lowest BCUT2D eigenvalue weighted by Gasteiger charge is -2.25. The number of aromatic nitrogens is 1. The molecule has 2 N–H and O–H groups in total. The average Bonchev–Trinajstić information content (AvgIpc) is 3.04. The number of quaternary nitrogens is 1. The maximum atomic E-state index is 13.0. The zero-order valence-electron chi connectivity index (χ0n) is 18.7. The molecule has 1 aliphatic carbocycles. The molecule has 1 aromatic heterocycles. The monoisotopic (exact) mass is 456 g/mol. The van der Waals surface area contributed by atoms with Crippen molar-refractivity contribution in [1.82, 2.24) is 13.8 Å². The van der Waals surface area contributed by atoms with E-state index in [0.29, 0.717) is 30.3 Å². The number of hydrogen-bond acceptors (Lipinski definition) is 3. The number of sulfonamides is 1. The van der Waals surface area contributed by atoms with Crippen LogP contribution >= 0.6 is 0 Å². The van der Waals surface area contributed by atoms with Gasteiger partial charge in [-0.3, -0.25) is 9.28 Å². The number of para-hydroxylation sites is 1. The summed E-state index contributed by atoms with van der Waals surface area (Å²) in [7, 11) is 2.47. The van der Waals surface area contributed by atoms with Gasteiger partial charge in [0, 0.05) is 41.3 Å². The van der Waals surface area contributed by atoms with Gasteiger partial charge < -0.3 is 9.67 Å². The van der Waals surface area contributed by atoms with E-state index in [1.807, 2.05) is 57.5 Å². The van der Waals surface area contributed by atoms with Gasteiger partial charge in [-0.15, -0.1) is 0 Å². The largest absolute Gasteiger partial charge is 0.481 e. The zero-order chi connectivity index (χ0) is 23.1. The van der Waals surface area contributed by atoms with E-state index in [2.05, 4.69) is 9.29 Å². The van der Waals surface area contributed by atoms with Crippen molar-refractivity contribution in [2.45, 2.75) is 43.2 Å². The minimum Gasteiger partial charge on any atom is -0.481 e. The first-order valence-corrected chi connectivity index (χ1v) is 12.3. The summed E-state index contributed by atoms with van der Waals surface area (Å²) in [5, 5.41) is 10.2. The second kappa shape index (κ2) is 8.35. The summed E-state index contributed by atoms with van der Waals surface area (Å²) in [6, 6.07) is 14.8. The highest BCUT2D eigenvalue weighted by Gasteiger charge is 2.29. The van der Waals surface area contributed by atoms with Gasteiger partial charge in [0.05, 0.1) is 32.5 Å². The highest BCUT2D eigenvalue weighted by molar-refractivity contribution is 7.89. The van der Waals surface area contributed by atoms with Gasteiger partial charge in [0.25, 0.3) is 0 Å². The number of carbonyl (C=O) groups is 1. The first kappa shape index (κ1) is 22.5. The lowest BCUT2D eigenvalue weighted by Crippen LogP contribution is -2.39. The second-order valence-electron chi connectivity index (χ2n) is 9.31. The lowest BCUT2D eigenvalue weighted by atomic mass is 9.92. The Bertz CT molecular complexity index is 1250. The summed E-state index contributed by atoms with van der Waals surface area (Å²) in [6.45, 7) is 0.417. The Balaban J connectivity index is 1.58. The molecule has 8 heteroatoms. The van der Waals surface area contributed by atoms with Crippen molar-refractivity contribution in [2.24, 2.45) is 0 Å². The molecular weight excluding hydrogens is 426 g/mol. The summed E-state index contributed by atoms with van der Waals surface area (Å²) in [4.78, 5) is 11.4. The third-order valence-electron chi connectivity index (χ3n) is 6.17. The Kier molecular flexibility index (Phi) is 5.87. The molecule has 1 unspecified atom stereocenters. The van der Waals surface area contributed by atoms with Gasteiger partial charge in [-0.1, -0.05) is 18.2 Å². The number of benzene rings is 2. The standard InChI is InChI=1S/C24H29N3O4S/c1-27(2,3)18-9-11-19(12-10-18)32(30,31)25-17-8-13-23-21(16-17)20-6-4-5-7-22(20)26(23)15-14-24(28)29/h4-7,9-12,17,25H,8,13-16H2,1-3H3/p+1. The molecule has 0 bridgehead atoms. The van der Waals surface area contributed by atoms with Crippen molar-refractivity contribution in [3.8, 4) is 0 Å². The van der Waals surface area contributed by atoms with E-state index in [1.54, 1.807) is 12.1 Å². The Labute approximate surface area is 188 Å². The topological polar surface area (TPSA) is 88.4 Å². The van der Waals surface area contributed by atoms with Gasteiger partial charge in [0.1, 0.15) is 5.69 Å². The summed E-state index contributed by atoms with van der Waals surface area (Å²) in [6.07, 6.45) is 2.03. The van der Waals surface area contributed by atoms with Gasteiger partial charge >= 0.3 is 5.97 Å². The van der Waals surface area contributed by atoms with Crippen molar-refractivity contribution < 1.29 is 18.3 Å². The van der Waals surface area contributed by atoms with E-state index in [-0.39, 0.29) is 17.4 Å². The maximum Gasteiger partial charge on any atom is 0.305 e. The Morgan fingerprint density at radius 2 is 1.81 bits per heavy atom. The van der Waals surface area contributed by atoms with Crippen LogP contribution in [0.1, 0.15) is 24.1 Å². The van der Waals surface area contributed by atoms with Gasteiger partial charge in [0.15, 0.2) is 0 Å². The molecule has 3 aromatic rings. The fraction of sp³-hybridized carbons (Fsp3) is 0.375. The number of carboxylic acids is 1. The molecule has 7 nitrogen and oxygen atoms in total. The van der Waals surface area contributed by atoms with Gasteiger partial charge in [-0.25, -0.2) is 13.1 Å². The fourth-order valence-corrected chi connectivity index (χ4v) is 5.79. The van der Waals surface area contributed by atoms with E-state index in [0.717, 1.165) is 27.8 Å². The molecule has 1 aliphatic rings. The zero-order valence-corrected chi connectivity index (χ0v) is 19.5. The molecule has 0 spiro atoms. The van der Waals surface area contributed by atoms with Crippen LogP contribution in [0.5, 0.6) is 0 Å². The highest BCUT2D eigenvalue weighted by Crippen LogP contribution is 2.33. The third kappa shape index (κ3) is 4.44. The Morgan fingerprint density at radius 1 is 1.12 bits per heavy atom. The molecule has 0 fully saturated rings. The van der Waals surface area contributed by atoms with E-state index in [4.69, 9.17) is 5.11 Å². The average molecular weight is 457 g/mol. The van der Waals surface area contributed by atoms with Crippen LogP contribution in [-0.2, 0) is 34.2 Å². The molecule has 4 rings (SSSR count). The minimum absolute atomic E-state index is 0.0600. The second-order valence-corrected chi connectivity index (χ2v) is 11.0. The Hall–Kier alpha value is -2.68. The molecule has 0 saturated carbocycles. The number of nitrogens with zero attached hydrogens (tertiary/aromatic N) is 2. The normalized spacial score (nSPS) is 16.8. The Morgan fingerprint density at radius 3 is 2.47 bits per heavy atom. The molecule has 0 amide bonds. The first-order valence-electron chi connectivity index (χ1n) is 10.8. The molecule has 32 heavy (non-hydrogen) atoms. The number of fused-ring (bicyclic) bond motifs is 3. The molecule has 2 aromatic carbocycles. The van der Waals surface area contributed by atoms with Crippen LogP contribution in [0, 0.1) is 0 Å². The van der Waals surface area contributed by atoms with Crippen molar-refractivity contribution in [3.05, 3.63) is 59.8 Å². The molecule has 1 atom stereocenters. The van der Waals surface area contributed by atoms with Crippen LogP contribution in [0.2, 0.25) is 0 Å². The summed E-state index contributed by atoms with van der Waals surface area (Å²) < 4.78 is 31.7. The number of carboxylic acid groups (broad SMARTS) is 1. The van der Waals surface area contributed by atoms with Crippen LogP contribution in [0.15, 0.2) is 53.4 Å². The molecule has 0 saturated heterocycles. The molecule has 0 aliphatic heterocycles. The van der Waals surface area contributed by atoms with Gasteiger partial charge in [0.2, 0.25) is 10.0 Å². The SMILES string of the molecule is C[N+](C)(C)c1ccc(S(=O)(=O)NC2CCc3c(c4ccccc4n3CCC(=O)O)C2)cc1. The van der Waals surface area contributed by atoms with E-state index >= 15 is 0 Å². The van der Waals surface area contributed by atoms with Crippen molar-refractivity contribution in [1.29, 1.82) is 0 Å². The molecule has 170 valence electrons. The smallest absolute Gasteiger partial charge is 0.305 e. The van der Waals surface area contributed by atoms with Crippen molar-refractivity contribution in [2.75, 3.05) is 21.1 Å². The number of hydrogen-bond donors (Lipinski definition) is 2. The lowest BCUT2D eigenvalue weighted by molar-refractivity contribution is -0.137. The maximum absolute atomic E-state index is 13.0. The van der Waals surface area contributed by atoms with Crippen molar-refractivity contribution in [3.63, 3.8) is 0 Å². The number of rotatable bonds is 7.